The van der Waals surface area contributed by atoms with Gasteiger partial charge in [-0.25, -0.2) is 4.98 Å². The second-order valence-electron chi connectivity index (χ2n) is 4.41. The Morgan fingerprint density at radius 1 is 1.47 bits per heavy atom. The standard InChI is InChI=1S/C14H17ClN2OS/c1-4-16-8(2)13-9(3)17-14(19-13)10-5-6-12(18)11(15)7-10/h5-8,16,18H,4H2,1-3H3. The van der Waals surface area contributed by atoms with Gasteiger partial charge >= 0.3 is 0 Å². The molecule has 3 nitrogen and oxygen atoms in total. The molecule has 0 spiro atoms. The Hall–Kier alpha value is -1.10. The van der Waals surface area contributed by atoms with E-state index in [9.17, 15) is 5.11 Å². The number of hydrogen-bond donors (Lipinski definition) is 2. The maximum Gasteiger partial charge on any atom is 0.134 e. The molecule has 19 heavy (non-hydrogen) atoms. The Morgan fingerprint density at radius 2 is 2.21 bits per heavy atom. The fourth-order valence-corrected chi connectivity index (χ4v) is 3.24. The van der Waals surface area contributed by atoms with Crippen LogP contribution in [0.15, 0.2) is 18.2 Å². The highest BCUT2D eigenvalue weighted by molar-refractivity contribution is 7.15. The monoisotopic (exact) mass is 296 g/mol. The van der Waals surface area contributed by atoms with Gasteiger partial charge in [-0.15, -0.1) is 11.3 Å². The van der Waals surface area contributed by atoms with Crippen LogP contribution in [0, 0.1) is 6.92 Å². The largest absolute Gasteiger partial charge is 0.506 e. The highest BCUT2D eigenvalue weighted by atomic mass is 35.5. The van der Waals surface area contributed by atoms with Crippen molar-refractivity contribution in [2.45, 2.75) is 26.8 Å². The van der Waals surface area contributed by atoms with E-state index in [-0.39, 0.29) is 5.75 Å². The summed E-state index contributed by atoms with van der Waals surface area (Å²) in [6.07, 6.45) is 0. The predicted molar refractivity (Wildman–Crippen MR) is 81.1 cm³/mol. The molecule has 0 saturated carbocycles. The van der Waals surface area contributed by atoms with Crippen molar-refractivity contribution in [1.29, 1.82) is 0 Å². The number of phenolic OH excluding ortho intramolecular Hbond substituents is 1. The number of hydrogen-bond acceptors (Lipinski definition) is 4. The molecule has 0 fully saturated rings. The first kappa shape index (κ1) is 14.3. The summed E-state index contributed by atoms with van der Waals surface area (Å²) < 4.78 is 0. The fraction of sp³-hybridized carbons (Fsp3) is 0.357. The Labute approximate surface area is 122 Å². The average molecular weight is 297 g/mol. The zero-order valence-corrected chi connectivity index (χ0v) is 12.8. The van der Waals surface area contributed by atoms with Crippen LogP contribution in [0.25, 0.3) is 10.6 Å². The van der Waals surface area contributed by atoms with E-state index in [2.05, 4.69) is 24.1 Å². The summed E-state index contributed by atoms with van der Waals surface area (Å²) in [5.41, 5.74) is 1.98. The van der Waals surface area contributed by atoms with Gasteiger partial charge in [0.2, 0.25) is 0 Å². The summed E-state index contributed by atoms with van der Waals surface area (Å²) in [5.74, 6) is 0.0972. The summed E-state index contributed by atoms with van der Waals surface area (Å²) in [6.45, 7) is 7.18. The number of benzene rings is 1. The molecule has 0 aliphatic heterocycles. The first-order valence-corrected chi connectivity index (χ1v) is 7.42. The Morgan fingerprint density at radius 3 is 2.84 bits per heavy atom. The van der Waals surface area contributed by atoms with Crippen LogP contribution < -0.4 is 5.32 Å². The number of rotatable bonds is 4. The number of nitrogens with zero attached hydrogens (tertiary/aromatic N) is 1. The first-order chi connectivity index (χ1) is 9.02. The molecule has 0 aliphatic carbocycles. The van der Waals surface area contributed by atoms with Crippen LogP contribution in [0.3, 0.4) is 0 Å². The number of halogens is 1. The lowest BCUT2D eigenvalue weighted by Crippen LogP contribution is -2.17. The third-order valence-corrected chi connectivity index (χ3v) is 4.62. The maximum atomic E-state index is 9.45. The molecule has 0 bridgehead atoms. The lowest BCUT2D eigenvalue weighted by Gasteiger charge is -2.09. The van der Waals surface area contributed by atoms with Crippen LogP contribution in [0.4, 0.5) is 0 Å². The van der Waals surface area contributed by atoms with Crippen molar-refractivity contribution in [3.05, 3.63) is 33.8 Å². The van der Waals surface area contributed by atoms with E-state index in [1.165, 1.54) is 4.88 Å². The SMILES string of the molecule is CCNC(C)c1sc(-c2ccc(O)c(Cl)c2)nc1C. The van der Waals surface area contributed by atoms with Gasteiger partial charge in [0.05, 0.1) is 10.7 Å². The third kappa shape index (κ3) is 3.08. The van der Waals surface area contributed by atoms with E-state index in [0.29, 0.717) is 11.1 Å². The van der Waals surface area contributed by atoms with Gasteiger partial charge in [0.1, 0.15) is 10.8 Å². The molecule has 1 heterocycles. The van der Waals surface area contributed by atoms with Gasteiger partial charge in [0.15, 0.2) is 0 Å². The molecule has 1 aromatic heterocycles. The number of phenols is 1. The van der Waals surface area contributed by atoms with Crippen molar-refractivity contribution in [3.63, 3.8) is 0 Å². The van der Waals surface area contributed by atoms with Crippen LogP contribution in [0.2, 0.25) is 5.02 Å². The summed E-state index contributed by atoms with van der Waals surface area (Å²) in [4.78, 5) is 5.83. The Balaban J connectivity index is 2.36. The zero-order chi connectivity index (χ0) is 14.0. The number of aromatic nitrogens is 1. The summed E-state index contributed by atoms with van der Waals surface area (Å²) in [6, 6.07) is 5.48. The lowest BCUT2D eigenvalue weighted by molar-refractivity contribution is 0.475. The maximum absolute atomic E-state index is 9.45. The van der Waals surface area contributed by atoms with Crippen LogP contribution in [-0.2, 0) is 0 Å². The van der Waals surface area contributed by atoms with E-state index in [1.807, 2.05) is 13.0 Å². The minimum Gasteiger partial charge on any atom is -0.506 e. The predicted octanol–water partition coefficient (Wildman–Crippen LogP) is 4.15. The Kier molecular flexibility index (Phi) is 4.45. The van der Waals surface area contributed by atoms with Crippen LogP contribution in [-0.4, -0.2) is 16.6 Å². The summed E-state index contributed by atoms with van der Waals surface area (Å²) >= 11 is 7.60. The van der Waals surface area contributed by atoms with Gasteiger partial charge in [-0.1, -0.05) is 18.5 Å². The molecule has 1 atom stereocenters. The highest BCUT2D eigenvalue weighted by Gasteiger charge is 2.15. The van der Waals surface area contributed by atoms with Gasteiger partial charge in [-0.3, -0.25) is 0 Å². The van der Waals surface area contributed by atoms with E-state index < -0.39 is 0 Å². The fourth-order valence-electron chi connectivity index (χ4n) is 1.97. The summed E-state index contributed by atoms with van der Waals surface area (Å²) in [5, 5.41) is 14.1. The molecule has 102 valence electrons. The van der Waals surface area contributed by atoms with E-state index >= 15 is 0 Å². The molecular formula is C14H17ClN2OS. The highest BCUT2D eigenvalue weighted by Crippen LogP contribution is 2.34. The van der Waals surface area contributed by atoms with Gasteiger partial charge < -0.3 is 10.4 Å². The molecular weight excluding hydrogens is 280 g/mol. The third-order valence-electron chi connectivity index (χ3n) is 2.93. The number of aromatic hydroxyl groups is 1. The molecule has 2 rings (SSSR count). The van der Waals surface area contributed by atoms with E-state index in [0.717, 1.165) is 22.8 Å². The van der Waals surface area contributed by atoms with Gasteiger partial charge in [0, 0.05) is 16.5 Å². The molecule has 0 saturated heterocycles. The smallest absolute Gasteiger partial charge is 0.134 e. The number of aryl methyl sites for hydroxylation is 1. The van der Waals surface area contributed by atoms with Crippen molar-refractivity contribution in [2.75, 3.05) is 6.54 Å². The van der Waals surface area contributed by atoms with Crippen molar-refractivity contribution >= 4 is 22.9 Å². The molecule has 0 aliphatic rings. The summed E-state index contributed by atoms with van der Waals surface area (Å²) in [7, 11) is 0. The van der Waals surface area contributed by atoms with Gasteiger partial charge in [-0.2, -0.15) is 0 Å². The van der Waals surface area contributed by atoms with Gasteiger partial charge in [0.25, 0.3) is 0 Å². The molecule has 2 aromatic rings. The second kappa shape index (κ2) is 5.90. The van der Waals surface area contributed by atoms with Crippen molar-refractivity contribution in [2.24, 2.45) is 0 Å². The molecule has 1 unspecified atom stereocenters. The van der Waals surface area contributed by atoms with Crippen LogP contribution in [0.5, 0.6) is 5.75 Å². The normalized spacial score (nSPS) is 12.6. The van der Waals surface area contributed by atoms with Gasteiger partial charge in [-0.05, 0) is 38.6 Å². The quantitative estimate of drug-likeness (QED) is 0.891. The average Bonchev–Trinajstić information content (AvgIpc) is 2.75. The minimum absolute atomic E-state index is 0.0972. The molecule has 0 radical (unpaired) electrons. The minimum atomic E-state index is 0.0972. The molecule has 5 heteroatoms. The van der Waals surface area contributed by atoms with Crippen molar-refractivity contribution in [3.8, 4) is 16.3 Å². The van der Waals surface area contributed by atoms with Crippen molar-refractivity contribution < 1.29 is 5.11 Å². The number of thiazole rings is 1. The van der Waals surface area contributed by atoms with E-state index in [4.69, 9.17) is 11.6 Å². The second-order valence-corrected chi connectivity index (χ2v) is 5.85. The molecule has 2 N–H and O–H groups in total. The van der Waals surface area contributed by atoms with E-state index in [1.54, 1.807) is 23.5 Å². The molecule has 0 amide bonds. The zero-order valence-electron chi connectivity index (χ0n) is 11.2. The Bertz CT molecular complexity index is 583. The topological polar surface area (TPSA) is 45.1 Å². The van der Waals surface area contributed by atoms with Crippen LogP contribution >= 0.6 is 22.9 Å². The van der Waals surface area contributed by atoms with Crippen molar-refractivity contribution in [1.82, 2.24) is 10.3 Å². The molecule has 1 aromatic carbocycles. The number of nitrogens with one attached hydrogen (secondary N) is 1. The lowest BCUT2D eigenvalue weighted by atomic mass is 10.2. The van der Waals surface area contributed by atoms with Crippen LogP contribution in [0.1, 0.15) is 30.5 Å². The first-order valence-electron chi connectivity index (χ1n) is 6.22.